The lowest BCUT2D eigenvalue weighted by Crippen LogP contribution is -2.34. The summed E-state index contributed by atoms with van der Waals surface area (Å²) in [6, 6.07) is 4.45. The number of nitrogens with zero attached hydrogens (tertiary/aromatic N) is 3. The summed E-state index contributed by atoms with van der Waals surface area (Å²) in [7, 11) is 1.67. The SMILES string of the molecule is COc1ncccc1CNC1CCc2onc(CN3CCCC3)c2C1. The number of ether oxygens (including phenoxy) is 1. The van der Waals surface area contributed by atoms with Gasteiger partial charge < -0.3 is 14.6 Å². The Kier molecular flexibility index (Phi) is 4.99. The number of aromatic nitrogens is 2. The molecule has 0 spiro atoms. The van der Waals surface area contributed by atoms with Gasteiger partial charge in [-0.25, -0.2) is 4.98 Å². The Bertz CT molecular complexity index is 709. The van der Waals surface area contributed by atoms with Crippen LogP contribution in [0.1, 0.15) is 41.8 Å². The van der Waals surface area contributed by atoms with Crippen LogP contribution in [0.15, 0.2) is 22.9 Å². The molecule has 0 aromatic carbocycles. The molecule has 2 aromatic rings. The van der Waals surface area contributed by atoms with Crippen molar-refractivity contribution in [2.75, 3.05) is 20.2 Å². The average molecular weight is 342 g/mol. The van der Waals surface area contributed by atoms with Crippen LogP contribution >= 0.6 is 0 Å². The number of rotatable bonds is 6. The van der Waals surface area contributed by atoms with Crippen LogP contribution in [0.5, 0.6) is 5.88 Å². The first-order valence-electron chi connectivity index (χ1n) is 9.23. The van der Waals surface area contributed by atoms with Crippen molar-refractivity contribution in [3.63, 3.8) is 0 Å². The highest BCUT2D eigenvalue weighted by Crippen LogP contribution is 2.27. The molecule has 0 saturated carbocycles. The first kappa shape index (κ1) is 16.5. The fourth-order valence-corrected chi connectivity index (χ4v) is 3.91. The first-order chi connectivity index (χ1) is 12.3. The normalized spacial score (nSPS) is 20.6. The lowest BCUT2D eigenvalue weighted by Gasteiger charge is -2.23. The lowest BCUT2D eigenvalue weighted by atomic mass is 9.92. The topological polar surface area (TPSA) is 63.4 Å². The summed E-state index contributed by atoms with van der Waals surface area (Å²) in [4.78, 5) is 6.75. The Morgan fingerprint density at radius 3 is 3.08 bits per heavy atom. The van der Waals surface area contributed by atoms with E-state index < -0.39 is 0 Å². The predicted molar refractivity (Wildman–Crippen MR) is 94.5 cm³/mol. The van der Waals surface area contributed by atoms with Crippen LogP contribution in [-0.4, -0.2) is 41.3 Å². The summed E-state index contributed by atoms with van der Waals surface area (Å²) in [6.07, 6.45) is 7.40. The van der Waals surface area contributed by atoms with E-state index in [9.17, 15) is 0 Å². The third kappa shape index (κ3) is 3.70. The van der Waals surface area contributed by atoms with Crippen molar-refractivity contribution in [3.05, 3.63) is 40.9 Å². The highest BCUT2D eigenvalue weighted by Gasteiger charge is 2.27. The molecular weight excluding hydrogens is 316 g/mol. The molecule has 2 aromatic heterocycles. The zero-order valence-corrected chi connectivity index (χ0v) is 14.8. The predicted octanol–water partition coefficient (Wildman–Crippen LogP) is 2.32. The van der Waals surface area contributed by atoms with Gasteiger partial charge in [0.15, 0.2) is 0 Å². The second kappa shape index (κ2) is 7.54. The highest BCUT2D eigenvalue weighted by molar-refractivity contribution is 5.28. The maximum atomic E-state index is 5.61. The molecule has 4 rings (SSSR count). The Hall–Kier alpha value is -1.92. The minimum Gasteiger partial charge on any atom is -0.481 e. The molecule has 6 heteroatoms. The van der Waals surface area contributed by atoms with Crippen molar-refractivity contribution in [3.8, 4) is 5.88 Å². The third-order valence-electron chi connectivity index (χ3n) is 5.32. The Balaban J connectivity index is 1.39. The maximum Gasteiger partial charge on any atom is 0.217 e. The first-order valence-corrected chi connectivity index (χ1v) is 9.23. The van der Waals surface area contributed by atoms with Gasteiger partial charge in [0.1, 0.15) is 11.5 Å². The molecule has 1 aliphatic carbocycles. The van der Waals surface area contributed by atoms with Crippen molar-refractivity contribution < 1.29 is 9.26 Å². The van der Waals surface area contributed by atoms with Crippen LogP contribution in [-0.2, 0) is 25.9 Å². The van der Waals surface area contributed by atoms with Gasteiger partial charge in [-0.2, -0.15) is 0 Å². The van der Waals surface area contributed by atoms with E-state index in [1.54, 1.807) is 13.3 Å². The van der Waals surface area contributed by atoms with Gasteiger partial charge in [0.05, 0.1) is 7.11 Å². The van der Waals surface area contributed by atoms with Gasteiger partial charge in [0.25, 0.3) is 0 Å². The Labute approximate surface area is 148 Å². The van der Waals surface area contributed by atoms with E-state index >= 15 is 0 Å². The molecule has 25 heavy (non-hydrogen) atoms. The third-order valence-corrected chi connectivity index (χ3v) is 5.32. The number of likely N-dealkylation sites (tertiary alicyclic amines) is 1. The molecule has 1 aliphatic heterocycles. The van der Waals surface area contributed by atoms with E-state index in [-0.39, 0.29) is 0 Å². The Morgan fingerprint density at radius 2 is 2.24 bits per heavy atom. The number of hydrogen-bond acceptors (Lipinski definition) is 6. The number of hydrogen-bond donors (Lipinski definition) is 1. The van der Waals surface area contributed by atoms with Crippen molar-refractivity contribution in [2.45, 2.75) is 51.2 Å². The summed E-state index contributed by atoms with van der Waals surface area (Å²) in [6.45, 7) is 4.07. The molecule has 0 radical (unpaired) electrons. The molecule has 0 amide bonds. The van der Waals surface area contributed by atoms with E-state index in [2.05, 4.69) is 26.4 Å². The lowest BCUT2D eigenvalue weighted by molar-refractivity contribution is 0.309. The maximum absolute atomic E-state index is 5.61. The van der Waals surface area contributed by atoms with Crippen molar-refractivity contribution in [1.82, 2.24) is 20.4 Å². The summed E-state index contributed by atoms with van der Waals surface area (Å²) >= 11 is 0. The van der Waals surface area contributed by atoms with Gasteiger partial charge in [-0.1, -0.05) is 11.2 Å². The molecule has 1 saturated heterocycles. The van der Waals surface area contributed by atoms with Gasteiger partial charge in [-0.15, -0.1) is 0 Å². The fourth-order valence-electron chi connectivity index (χ4n) is 3.91. The number of fused-ring (bicyclic) bond motifs is 1. The monoisotopic (exact) mass is 342 g/mol. The minimum absolute atomic E-state index is 0.439. The van der Waals surface area contributed by atoms with Crippen molar-refractivity contribution in [1.29, 1.82) is 0 Å². The molecule has 6 nitrogen and oxygen atoms in total. The van der Waals surface area contributed by atoms with Crippen LogP contribution < -0.4 is 10.1 Å². The molecule has 2 aliphatic rings. The smallest absolute Gasteiger partial charge is 0.217 e. The minimum atomic E-state index is 0.439. The molecule has 1 atom stereocenters. The van der Waals surface area contributed by atoms with Crippen LogP contribution in [0.3, 0.4) is 0 Å². The molecule has 1 fully saturated rings. The fraction of sp³-hybridized carbons (Fsp3) is 0.579. The van der Waals surface area contributed by atoms with Gasteiger partial charge in [0, 0.05) is 42.9 Å². The van der Waals surface area contributed by atoms with Gasteiger partial charge >= 0.3 is 0 Å². The summed E-state index contributed by atoms with van der Waals surface area (Å²) < 4.78 is 11.0. The average Bonchev–Trinajstić information content (AvgIpc) is 3.31. The zero-order valence-electron chi connectivity index (χ0n) is 14.8. The number of pyridine rings is 1. The van der Waals surface area contributed by atoms with Crippen molar-refractivity contribution >= 4 is 0 Å². The Morgan fingerprint density at radius 1 is 1.36 bits per heavy atom. The standard InChI is InChI=1S/C19H26N4O2/c1-24-19-14(5-4-8-20-19)12-21-15-6-7-18-16(11-15)17(22-25-18)13-23-9-2-3-10-23/h4-5,8,15,21H,2-3,6-7,9-13H2,1H3. The molecule has 3 heterocycles. The van der Waals surface area contributed by atoms with Crippen molar-refractivity contribution in [2.24, 2.45) is 0 Å². The second-order valence-electron chi connectivity index (χ2n) is 7.01. The van der Waals surface area contributed by atoms with E-state index in [0.717, 1.165) is 49.4 Å². The van der Waals surface area contributed by atoms with Gasteiger partial charge in [0.2, 0.25) is 5.88 Å². The number of nitrogens with one attached hydrogen (secondary N) is 1. The van der Waals surface area contributed by atoms with Crippen LogP contribution in [0.4, 0.5) is 0 Å². The van der Waals surface area contributed by atoms with E-state index in [1.165, 1.54) is 31.5 Å². The summed E-state index contributed by atoms with van der Waals surface area (Å²) in [5.74, 6) is 1.79. The van der Waals surface area contributed by atoms with E-state index in [0.29, 0.717) is 11.9 Å². The van der Waals surface area contributed by atoms with Crippen LogP contribution in [0.25, 0.3) is 0 Å². The summed E-state index contributed by atoms with van der Waals surface area (Å²) in [5.41, 5.74) is 3.56. The zero-order chi connectivity index (χ0) is 17.1. The molecule has 1 unspecified atom stereocenters. The quantitative estimate of drug-likeness (QED) is 0.869. The van der Waals surface area contributed by atoms with Crippen LogP contribution in [0, 0.1) is 0 Å². The molecule has 134 valence electrons. The van der Waals surface area contributed by atoms with E-state index in [4.69, 9.17) is 9.26 Å². The molecule has 1 N–H and O–H groups in total. The molecular formula is C19H26N4O2. The second-order valence-corrected chi connectivity index (χ2v) is 7.01. The number of aryl methyl sites for hydroxylation is 1. The van der Waals surface area contributed by atoms with Gasteiger partial charge in [-0.3, -0.25) is 4.90 Å². The largest absolute Gasteiger partial charge is 0.481 e. The number of methoxy groups -OCH3 is 1. The van der Waals surface area contributed by atoms with E-state index in [1.807, 2.05) is 6.07 Å². The van der Waals surface area contributed by atoms with Crippen LogP contribution in [0.2, 0.25) is 0 Å². The highest BCUT2D eigenvalue weighted by atomic mass is 16.5. The van der Waals surface area contributed by atoms with Gasteiger partial charge in [-0.05, 0) is 44.8 Å². The summed E-state index contributed by atoms with van der Waals surface area (Å²) in [5, 5.41) is 8.03. The molecule has 0 bridgehead atoms.